The van der Waals surface area contributed by atoms with Crippen molar-refractivity contribution in [2.24, 2.45) is 0 Å². The van der Waals surface area contributed by atoms with Gasteiger partial charge in [-0.2, -0.15) is 0 Å². The molecule has 0 spiro atoms. The first-order valence-corrected chi connectivity index (χ1v) is 10.8. The average molecular weight is 444 g/mol. The van der Waals surface area contributed by atoms with Gasteiger partial charge in [0.2, 0.25) is 0 Å². The molecule has 0 aliphatic heterocycles. The summed E-state index contributed by atoms with van der Waals surface area (Å²) in [4.78, 5) is 8.86. The van der Waals surface area contributed by atoms with Crippen molar-refractivity contribution in [3.8, 4) is 0 Å². The normalized spacial score (nSPS) is 11.2. The monoisotopic (exact) mass is 443 g/mol. The molecule has 0 fully saturated rings. The van der Waals surface area contributed by atoms with Crippen LogP contribution in [0.3, 0.4) is 0 Å². The van der Waals surface area contributed by atoms with Gasteiger partial charge in [0.05, 0.1) is 11.0 Å². The van der Waals surface area contributed by atoms with Gasteiger partial charge in [-0.25, -0.2) is 0 Å². The lowest BCUT2D eigenvalue weighted by Gasteiger charge is -2.11. The fourth-order valence-electron chi connectivity index (χ4n) is 3.88. The lowest BCUT2D eigenvalue weighted by atomic mass is 10.00. The van der Waals surface area contributed by atoms with Crippen LogP contribution >= 0.6 is 23.2 Å². The maximum atomic E-state index is 6.12. The third kappa shape index (κ3) is 4.34. The van der Waals surface area contributed by atoms with E-state index >= 15 is 0 Å². The van der Waals surface area contributed by atoms with Crippen molar-refractivity contribution in [3.05, 3.63) is 112 Å². The molecule has 0 aliphatic rings. The van der Waals surface area contributed by atoms with Gasteiger partial charge in [-0.1, -0.05) is 53.5 Å². The fraction of sp³-hybridized carbons (Fsp3) is 0.0769. The van der Waals surface area contributed by atoms with Crippen LogP contribution in [0.2, 0.25) is 10.0 Å². The van der Waals surface area contributed by atoms with Crippen LogP contribution in [-0.4, -0.2) is 9.97 Å². The Kier molecular flexibility index (Phi) is 5.46. The number of anilines is 1. The van der Waals surface area contributed by atoms with Crippen molar-refractivity contribution in [2.75, 3.05) is 5.32 Å². The largest absolute Gasteiger partial charge is 0.380 e. The van der Waals surface area contributed by atoms with Gasteiger partial charge >= 0.3 is 0 Å². The maximum absolute atomic E-state index is 6.12. The number of hydrogen-bond acceptors (Lipinski definition) is 3. The molecule has 2 aromatic heterocycles. The van der Waals surface area contributed by atoms with Gasteiger partial charge in [0.25, 0.3) is 0 Å². The highest BCUT2D eigenvalue weighted by Gasteiger charge is 2.06. The second-order valence-electron chi connectivity index (χ2n) is 7.50. The molecule has 3 nitrogen and oxygen atoms in total. The number of rotatable bonds is 5. The molecule has 2 heterocycles. The van der Waals surface area contributed by atoms with Gasteiger partial charge in [0.15, 0.2) is 0 Å². The Bertz CT molecular complexity index is 1400. The molecule has 0 unspecified atom stereocenters. The summed E-state index contributed by atoms with van der Waals surface area (Å²) >= 11 is 12.2. The topological polar surface area (TPSA) is 37.8 Å². The number of fused-ring (bicyclic) bond motifs is 2. The van der Waals surface area contributed by atoms with Gasteiger partial charge in [0.1, 0.15) is 0 Å². The Labute approximate surface area is 190 Å². The van der Waals surface area contributed by atoms with Gasteiger partial charge < -0.3 is 5.32 Å². The second-order valence-corrected chi connectivity index (χ2v) is 8.37. The molecule has 31 heavy (non-hydrogen) atoms. The highest BCUT2D eigenvalue weighted by atomic mass is 35.5. The Hall–Kier alpha value is -3.14. The van der Waals surface area contributed by atoms with Crippen molar-refractivity contribution >= 4 is 50.7 Å². The van der Waals surface area contributed by atoms with Crippen LogP contribution in [0.4, 0.5) is 5.69 Å². The highest BCUT2D eigenvalue weighted by Crippen LogP contribution is 2.26. The third-order valence-electron chi connectivity index (χ3n) is 5.37. The number of benzene rings is 3. The molecule has 0 radical (unpaired) electrons. The molecule has 0 saturated carbocycles. The summed E-state index contributed by atoms with van der Waals surface area (Å²) < 4.78 is 0. The molecule has 152 valence electrons. The summed E-state index contributed by atoms with van der Waals surface area (Å²) in [5, 5.41) is 7.13. The third-order valence-corrected chi connectivity index (χ3v) is 5.84. The second kappa shape index (κ2) is 8.54. The van der Waals surface area contributed by atoms with E-state index in [-0.39, 0.29) is 0 Å². The summed E-state index contributed by atoms with van der Waals surface area (Å²) in [7, 11) is 0. The van der Waals surface area contributed by atoms with E-state index in [1.165, 1.54) is 16.7 Å². The molecule has 5 heteroatoms. The molecule has 0 aliphatic carbocycles. The SMILES string of the molecule is Clc1ccc2c(Cc3cccc(CNc4ccnc5cc(Cl)ccc45)c3)ccnc2c1. The predicted octanol–water partition coefficient (Wildman–Crippen LogP) is 7.29. The first-order chi connectivity index (χ1) is 15.2. The van der Waals surface area contributed by atoms with Crippen LogP contribution in [0.15, 0.2) is 85.2 Å². The molecule has 0 bridgehead atoms. The lowest BCUT2D eigenvalue weighted by Crippen LogP contribution is -2.01. The zero-order valence-electron chi connectivity index (χ0n) is 16.6. The first-order valence-electron chi connectivity index (χ1n) is 10.0. The summed E-state index contributed by atoms with van der Waals surface area (Å²) in [6, 6.07) is 24.4. The smallest absolute Gasteiger partial charge is 0.0737 e. The van der Waals surface area contributed by atoms with Crippen LogP contribution in [-0.2, 0) is 13.0 Å². The number of pyridine rings is 2. The molecule has 0 saturated heterocycles. The van der Waals surface area contributed by atoms with E-state index in [0.717, 1.165) is 40.5 Å². The summed E-state index contributed by atoms with van der Waals surface area (Å²) in [5.41, 5.74) is 6.57. The Morgan fingerprint density at radius 3 is 2.16 bits per heavy atom. The first kappa shape index (κ1) is 19.8. The Morgan fingerprint density at radius 2 is 1.35 bits per heavy atom. The van der Waals surface area contributed by atoms with E-state index in [1.807, 2.05) is 48.7 Å². The zero-order valence-corrected chi connectivity index (χ0v) is 18.2. The molecule has 5 aromatic rings. The van der Waals surface area contributed by atoms with E-state index in [1.54, 1.807) is 6.20 Å². The highest BCUT2D eigenvalue weighted by molar-refractivity contribution is 6.31. The number of aromatic nitrogens is 2. The minimum Gasteiger partial charge on any atom is -0.380 e. The van der Waals surface area contributed by atoms with Crippen molar-refractivity contribution in [2.45, 2.75) is 13.0 Å². The van der Waals surface area contributed by atoms with Gasteiger partial charge in [0, 0.05) is 45.4 Å². The van der Waals surface area contributed by atoms with Crippen molar-refractivity contribution in [1.82, 2.24) is 9.97 Å². The van der Waals surface area contributed by atoms with Crippen molar-refractivity contribution in [3.63, 3.8) is 0 Å². The van der Waals surface area contributed by atoms with Crippen LogP contribution in [0.25, 0.3) is 21.8 Å². The van der Waals surface area contributed by atoms with E-state index in [2.05, 4.69) is 45.6 Å². The minimum atomic E-state index is 0.691. The quantitative estimate of drug-likeness (QED) is 0.309. The number of nitrogens with one attached hydrogen (secondary N) is 1. The molecule has 5 rings (SSSR count). The molecule has 0 atom stereocenters. The van der Waals surface area contributed by atoms with Crippen LogP contribution in [0.1, 0.15) is 16.7 Å². The summed E-state index contributed by atoms with van der Waals surface area (Å²) in [6.07, 6.45) is 4.49. The predicted molar refractivity (Wildman–Crippen MR) is 130 cm³/mol. The van der Waals surface area contributed by atoms with E-state index < -0.39 is 0 Å². The number of halogens is 2. The zero-order chi connectivity index (χ0) is 21.2. The number of nitrogens with zero attached hydrogens (tertiary/aromatic N) is 2. The van der Waals surface area contributed by atoms with Crippen LogP contribution in [0, 0.1) is 0 Å². The lowest BCUT2D eigenvalue weighted by molar-refractivity contribution is 1.12. The van der Waals surface area contributed by atoms with E-state index in [0.29, 0.717) is 10.0 Å². The fourth-order valence-corrected chi connectivity index (χ4v) is 4.21. The van der Waals surface area contributed by atoms with Gasteiger partial charge in [-0.05, 0) is 65.6 Å². The summed E-state index contributed by atoms with van der Waals surface area (Å²) in [6.45, 7) is 0.724. The average Bonchev–Trinajstić information content (AvgIpc) is 2.77. The van der Waals surface area contributed by atoms with Crippen molar-refractivity contribution in [1.29, 1.82) is 0 Å². The summed E-state index contributed by atoms with van der Waals surface area (Å²) in [5.74, 6) is 0. The van der Waals surface area contributed by atoms with Crippen LogP contribution < -0.4 is 5.32 Å². The number of hydrogen-bond donors (Lipinski definition) is 1. The van der Waals surface area contributed by atoms with E-state index in [9.17, 15) is 0 Å². The Morgan fingerprint density at radius 1 is 0.677 bits per heavy atom. The maximum Gasteiger partial charge on any atom is 0.0737 e. The minimum absolute atomic E-state index is 0.691. The van der Waals surface area contributed by atoms with Crippen LogP contribution in [0.5, 0.6) is 0 Å². The molecular formula is C26H19Cl2N3. The van der Waals surface area contributed by atoms with Gasteiger partial charge in [-0.3, -0.25) is 9.97 Å². The van der Waals surface area contributed by atoms with Gasteiger partial charge in [-0.15, -0.1) is 0 Å². The molecule has 1 N–H and O–H groups in total. The Balaban J connectivity index is 1.37. The van der Waals surface area contributed by atoms with E-state index in [4.69, 9.17) is 23.2 Å². The molecule has 3 aromatic carbocycles. The van der Waals surface area contributed by atoms with Crippen molar-refractivity contribution < 1.29 is 0 Å². The molecule has 0 amide bonds. The standard InChI is InChI=1S/C26H19Cl2N3/c27-20-4-6-22-19(8-10-29-25(22)14-20)13-17-2-1-3-18(12-17)16-31-24-9-11-30-26-15-21(28)5-7-23(24)26/h1-12,14-15H,13,16H2,(H,30,31). The molecular weight excluding hydrogens is 425 g/mol.